The third-order valence-electron chi connectivity index (χ3n) is 9.62. The SMILES string of the molecule is FCc1ccc2c(c1)c1cc(C(F)(F)F)ccc1n2-c1ccc(C(F)(F)F)cc1-c1cnccc1-n1c2ccc(C(F)(F)F)cc2c2cc(C(F)(F)F)ccc21. The predicted octanol–water partition coefficient (Wildman–Crippen LogP) is 13.5. The number of hydrogen-bond acceptors (Lipinski definition) is 1. The fourth-order valence-electron chi connectivity index (χ4n) is 7.14. The van der Waals surface area contributed by atoms with Gasteiger partial charge in [-0.1, -0.05) is 6.07 Å². The molecule has 56 heavy (non-hydrogen) atoms. The molecule has 0 spiro atoms. The smallest absolute Gasteiger partial charge is 0.309 e. The zero-order chi connectivity index (χ0) is 40.1. The van der Waals surface area contributed by atoms with Crippen LogP contribution in [-0.4, -0.2) is 14.1 Å². The lowest BCUT2D eigenvalue weighted by Gasteiger charge is -2.20. The summed E-state index contributed by atoms with van der Waals surface area (Å²) in [7, 11) is 0. The van der Waals surface area contributed by atoms with Crippen molar-refractivity contribution in [1.29, 1.82) is 0 Å². The summed E-state index contributed by atoms with van der Waals surface area (Å²) >= 11 is 0. The summed E-state index contributed by atoms with van der Waals surface area (Å²) in [4.78, 5) is 4.12. The molecule has 3 heterocycles. The number of aromatic nitrogens is 3. The minimum atomic E-state index is -4.93. The van der Waals surface area contributed by atoms with Crippen LogP contribution in [0, 0.1) is 0 Å². The number of alkyl halides is 13. The van der Waals surface area contributed by atoms with E-state index in [1.54, 1.807) is 0 Å². The standard InChI is InChI=1S/C40H20F13N3/c41-18-20-1-6-31-25(13-20)26-14-21(37(42,43)44)2-7-32(26)55(31)35-10-5-24(40(51,52)53)17-29(35)30-19-54-12-11-36(30)56-33-8-3-22(38(45,46)47)15-27(33)28-16-23(39(48,49)50)4-9-34(28)56/h1-17,19H,18H2. The van der Waals surface area contributed by atoms with Gasteiger partial charge in [0.2, 0.25) is 0 Å². The summed E-state index contributed by atoms with van der Waals surface area (Å²) in [5.74, 6) is 0. The van der Waals surface area contributed by atoms with Gasteiger partial charge in [0.1, 0.15) is 6.67 Å². The molecule has 0 amide bonds. The van der Waals surface area contributed by atoms with Gasteiger partial charge >= 0.3 is 24.7 Å². The number of nitrogens with zero attached hydrogens (tertiary/aromatic N) is 3. The Balaban J connectivity index is 1.48. The molecule has 8 aromatic rings. The molecule has 0 aliphatic heterocycles. The zero-order valence-electron chi connectivity index (χ0n) is 27.9. The number of fused-ring (bicyclic) bond motifs is 6. The molecule has 5 aromatic carbocycles. The average Bonchev–Trinajstić information content (AvgIpc) is 3.64. The van der Waals surface area contributed by atoms with Crippen LogP contribution in [0.2, 0.25) is 0 Å². The van der Waals surface area contributed by atoms with E-state index in [1.165, 1.54) is 39.6 Å². The van der Waals surface area contributed by atoms with Crippen molar-refractivity contribution in [2.75, 3.05) is 0 Å². The van der Waals surface area contributed by atoms with E-state index in [2.05, 4.69) is 4.98 Å². The van der Waals surface area contributed by atoms with Crippen LogP contribution < -0.4 is 0 Å². The van der Waals surface area contributed by atoms with Crippen LogP contribution in [0.1, 0.15) is 27.8 Å². The summed E-state index contributed by atoms with van der Waals surface area (Å²) in [6.07, 6.45) is -17.1. The fourth-order valence-corrected chi connectivity index (χ4v) is 7.14. The van der Waals surface area contributed by atoms with E-state index >= 15 is 0 Å². The monoisotopic (exact) mass is 789 g/mol. The van der Waals surface area contributed by atoms with Crippen LogP contribution in [0.3, 0.4) is 0 Å². The molecule has 0 unspecified atom stereocenters. The Morgan fingerprint density at radius 2 is 0.786 bits per heavy atom. The molecule has 0 aliphatic carbocycles. The maximum Gasteiger partial charge on any atom is 0.416 e. The molecule has 0 radical (unpaired) electrons. The van der Waals surface area contributed by atoms with E-state index < -0.39 is 53.6 Å². The number of halogens is 13. The van der Waals surface area contributed by atoms with Gasteiger partial charge in [-0.2, -0.15) is 52.7 Å². The molecule has 0 bridgehead atoms. The third-order valence-corrected chi connectivity index (χ3v) is 9.62. The largest absolute Gasteiger partial charge is 0.416 e. The maximum absolute atomic E-state index is 14.4. The van der Waals surface area contributed by atoms with Crippen LogP contribution in [0.4, 0.5) is 57.1 Å². The van der Waals surface area contributed by atoms with E-state index in [0.29, 0.717) is 12.1 Å². The minimum absolute atomic E-state index is 0.0000627. The Bertz CT molecular complexity index is 2780. The summed E-state index contributed by atoms with van der Waals surface area (Å²) in [5.41, 5.74) is -4.44. The molecular weight excluding hydrogens is 769 g/mol. The van der Waals surface area contributed by atoms with Crippen molar-refractivity contribution in [2.45, 2.75) is 31.4 Å². The zero-order valence-corrected chi connectivity index (χ0v) is 27.9. The van der Waals surface area contributed by atoms with Gasteiger partial charge in [-0.05, 0) is 96.6 Å². The van der Waals surface area contributed by atoms with E-state index in [-0.39, 0.29) is 71.7 Å². The van der Waals surface area contributed by atoms with Crippen molar-refractivity contribution >= 4 is 43.6 Å². The number of benzene rings is 5. The van der Waals surface area contributed by atoms with E-state index in [1.807, 2.05) is 0 Å². The predicted molar refractivity (Wildman–Crippen MR) is 183 cm³/mol. The molecule has 3 nitrogen and oxygen atoms in total. The topological polar surface area (TPSA) is 22.8 Å². The van der Waals surface area contributed by atoms with Crippen molar-refractivity contribution in [3.8, 4) is 22.5 Å². The van der Waals surface area contributed by atoms with Gasteiger partial charge in [-0.15, -0.1) is 0 Å². The van der Waals surface area contributed by atoms with Crippen molar-refractivity contribution in [3.05, 3.63) is 137 Å². The number of hydrogen-bond donors (Lipinski definition) is 0. The molecule has 8 rings (SSSR count). The number of rotatable bonds is 4. The summed E-state index contributed by atoms with van der Waals surface area (Å²) < 4.78 is 185. The Labute approximate surface area is 305 Å². The highest BCUT2D eigenvalue weighted by Crippen LogP contribution is 2.45. The minimum Gasteiger partial charge on any atom is -0.309 e. The molecule has 0 atom stereocenters. The van der Waals surface area contributed by atoms with Crippen molar-refractivity contribution in [1.82, 2.24) is 14.1 Å². The highest BCUT2D eigenvalue weighted by Gasteiger charge is 2.36. The third kappa shape index (κ3) is 6.07. The summed E-state index contributed by atoms with van der Waals surface area (Å²) in [5, 5.41) is -0.313. The van der Waals surface area contributed by atoms with Crippen molar-refractivity contribution in [2.24, 2.45) is 0 Å². The van der Waals surface area contributed by atoms with E-state index in [4.69, 9.17) is 0 Å². The first kappa shape index (κ1) is 36.9. The molecule has 0 N–H and O–H groups in total. The Hall–Kier alpha value is -6.06. The quantitative estimate of drug-likeness (QED) is 0.163. The molecule has 16 heteroatoms. The molecule has 3 aromatic heterocycles. The second-order valence-electron chi connectivity index (χ2n) is 13.0. The molecule has 0 fully saturated rings. The summed E-state index contributed by atoms with van der Waals surface area (Å²) in [6.45, 7) is -0.972. The van der Waals surface area contributed by atoms with Gasteiger partial charge in [0.05, 0.1) is 55.7 Å². The first-order valence-corrected chi connectivity index (χ1v) is 16.3. The van der Waals surface area contributed by atoms with Crippen LogP contribution in [0.15, 0.2) is 109 Å². The Kier molecular flexibility index (Phi) is 8.22. The van der Waals surface area contributed by atoms with E-state index in [9.17, 15) is 57.1 Å². The summed E-state index contributed by atoms with van der Waals surface area (Å²) in [6, 6.07) is 15.7. The molecule has 0 aliphatic rings. The van der Waals surface area contributed by atoms with Crippen LogP contribution in [0.25, 0.3) is 66.1 Å². The second-order valence-corrected chi connectivity index (χ2v) is 13.0. The fraction of sp³-hybridized carbons (Fsp3) is 0.125. The molecule has 0 saturated carbocycles. The van der Waals surface area contributed by atoms with Crippen LogP contribution >= 0.6 is 0 Å². The van der Waals surface area contributed by atoms with Crippen molar-refractivity contribution < 1.29 is 57.1 Å². The maximum atomic E-state index is 14.4. The van der Waals surface area contributed by atoms with Crippen molar-refractivity contribution in [3.63, 3.8) is 0 Å². The lowest BCUT2D eigenvalue weighted by molar-refractivity contribution is -0.138. The average molecular weight is 790 g/mol. The first-order valence-electron chi connectivity index (χ1n) is 16.3. The van der Waals surface area contributed by atoms with E-state index in [0.717, 1.165) is 66.9 Å². The van der Waals surface area contributed by atoms with Crippen LogP contribution in [0.5, 0.6) is 0 Å². The first-order chi connectivity index (χ1) is 26.3. The lowest BCUT2D eigenvalue weighted by Crippen LogP contribution is -2.08. The van der Waals surface area contributed by atoms with Gasteiger partial charge < -0.3 is 9.13 Å². The van der Waals surface area contributed by atoms with Gasteiger partial charge in [0, 0.05) is 45.1 Å². The van der Waals surface area contributed by atoms with Gasteiger partial charge in [0.15, 0.2) is 0 Å². The van der Waals surface area contributed by atoms with Gasteiger partial charge in [-0.3, -0.25) is 4.98 Å². The van der Waals surface area contributed by atoms with Gasteiger partial charge in [0.25, 0.3) is 0 Å². The highest BCUT2D eigenvalue weighted by atomic mass is 19.4. The van der Waals surface area contributed by atoms with Gasteiger partial charge in [-0.25, -0.2) is 4.39 Å². The molecule has 0 saturated heterocycles. The van der Waals surface area contributed by atoms with Crippen LogP contribution in [-0.2, 0) is 31.4 Å². The molecular formula is C40H20F13N3. The molecule has 286 valence electrons. The Morgan fingerprint density at radius 3 is 1.21 bits per heavy atom. The second kappa shape index (κ2) is 12.5. The number of pyridine rings is 1. The lowest BCUT2D eigenvalue weighted by atomic mass is 9.99. The highest BCUT2D eigenvalue weighted by molar-refractivity contribution is 6.12. The Morgan fingerprint density at radius 1 is 0.411 bits per heavy atom. The normalized spacial score (nSPS) is 13.2.